The minimum Gasteiger partial charge on any atom is -0.358 e. The number of hydrogen-bond acceptors (Lipinski definition) is 0. The topological polar surface area (TPSA) is 0 Å². The standard InChI is InChI=1S/2C8H10.2CH3.Y/c2*1-7-5-3-4-6-8(7)2;;;/h2*3-6H,1-2H3;2*1H3;/q;;2*-1;. The third-order valence-electron chi connectivity index (χ3n) is 2.85. The van der Waals surface area contributed by atoms with E-state index < -0.39 is 0 Å². The molecule has 0 aromatic heterocycles. The monoisotopic (exact) mass is 331 g/mol. The molecular weight excluding hydrogens is 305 g/mol. The van der Waals surface area contributed by atoms with Gasteiger partial charge in [-0.3, -0.25) is 0 Å². The Morgan fingerprint density at radius 3 is 0.737 bits per heavy atom. The second kappa shape index (κ2) is 12.6. The van der Waals surface area contributed by atoms with E-state index in [1.807, 2.05) is 0 Å². The van der Waals surface area contributed by atoms with Gasteiger partial charge >= 0.3 is 0 Å². The van der Waals surface area contributed by atoms with Gasteiger partial charge in [0.2, 0.25) is 0 Å². The summed E-state index contributed by atoms with van der Waals surface area (Å²) in [5.74, 6) is 0. The molecule has 0 saturated carbocycles. The second-order valence-corrected chi connectivity index (χ2v) is 4.17. The Balaban J connectivity index is -0.000000233. The summed E-state index contributed by atoms with van der Waals surface area (Å²) >= 11 is 0. The van der Waals surface area contributed by atoms with Gasteiger partial charge in [0.25, 0.3) is 0 Å². The fourth-order valence-electron chi connectivity index (χ4n) is 1.33. The maximum atomic E-state index is 2.12. The minimum atomic E-state index is 0. The first-order valence-electron chi connectivity index (χ1n) is 5.65. The van der Waals surface area contributed by atoms with E-state index in [9.17, 15) is 0 Å². The number of aryl methyl sites for hydroxylation is 4. The molecule has 0 bridgehead atoms. The van der Waals surface area contributed by atoms with Crippen molar-refractivity contribution in [3.05, 3.63) is 85.6 Å². The molecule has 0 atom stereocenters. The Morgan fingerprint density at radius 2 is 0.632 bits per heavy atom. The minimum absolute atomic E-state index is 0. The first-order chi connectivity index (χ1) is 7.61. The Bertz CT molecular complexity index is 361. The van der Waals surface area contributed by atoms with Gasteiger partial charge in [0, 0.05) is 32.7 Å². The molecule has 0 saturated heterocycles. The van der Waals surface area contributed by atoms with Crippen LogP contribution in [0.25, 0.3) is 0 Å². The Labute approximate surface area is 145 Å². The van der Waals surface area contributed by atoms with E-state index in [1.165, 1.54) is 22.3 Å². The van der Waals surface area contributed by atoms with Gasteiger partial charge in [-0.25, -0.2) is 0 Å². The average Bonchev–Trinajstić information content (AvgIpc) is 2.28. The zero-order valence-electron chi connectivity index (χ0n) is 13.2. The van der Waals surface area contributed by atoms with Crippen molar-refractivity contribution in [2.75, 3.05) is 0 Å². The van der Waals surface area contributed by atoms with Crippen LogP contribution >= 0.6 is 0 Å². The zero-order chi connectivity index (χ0) is 12.0. The van der Waals surface area contributed by atoms with Crippen LogP contribution in [0.3, 0.4) is 0 Å². The van der Waals surface area contributed by atoms with Crippen LogP contribution in [0.15, 0.2) is 48.5 Å². The van der Waals surface area contributed by atoms with Crippen LogP contribution < -0.4 is 0 Å². The van der Waals surface area contributed by atoms with E-state index in [4.69, 9.17) is 0 Å². The van der Waals surface area contributed by atoms with Crippen LogP contribution in [-0.2, 0) is 32.7 Å². The molecule has 0 fully saturated rings. The molecule has 0 amide bonds. The van der Waals surface area contributed by atoms with Gasteiger partial charge in [-0.15, -0.1) is 0 Å². The Hall–Kier alpha value is -0.456. The van der Waals surface area contributed by atoms with Crippen molar-refractivity contribution < 1.29 is 32.7 Å². The number of benzene rings is 2. The molecule has 0 heterocycles. The van der Waals surface area contributed by atoms with Crippen LogP contribution in [0.4, 0.5) is 0 Å². The molecule has 2 aromatic rings. The molecule has 0 N–H and O–H groups in total. The van der Waals surface area contributed by atoms with Crippen LogP contribution in [0.1, 0.15) is 22.3 Å². The quantitative estimate of drug-likeness (QED) is 0.559. The molecule has 0 aliphatic rings. The van der Waals surface area contributed by atoms with Gasteiger partial charge < -0.3 is 14.9 Å². The molecule has 0 unspecified atom stereocenters. The molecule has 103 valence electrons. The van der Waals surface area contributed by atoms with Crippen molar-refractivity contribution in [1.82, 2.24) is 0 Å². The van der Waals surface area contributed by atoms with Gasteiger partial charge in [-0.1, -0.05) is 48.5 Å². The van der Waals surface area contributed by atoms with Crippen molar-refractivity contribution >= 4 is 0 Å². The van der Waals surface area contributed by atoms with Crippen molar-refractivity contribution in [2.24, 2.45) is 0 Å². The molecule has 0 aliphatic heterocycles. The molecule has 0 spiro atoms. The van der Waals surface area contributed by atoms with Crippen molar-refractivity contribution in [3.63, 3.8) is 0 Å². The summed E-state index contributed by atoms with van der Waals surface area (Å²) in [5.41, 5.74) is 5.47. The maximum Gasteiger partial charge on any atom is 0 e. The summed E-state index contributed by atoms with van der Waals surface area (Å²) in [7, 11) is 0. The first kappa shape index (κ1) is 23.6. The third-order valence-corrected chi connectivity index (χ3v) is 2.85. The van der Waals surface area contributed by atoms with Crippen molar-refractivity contribution in [3.8, 4) is 0 Å². The summed E-state index contributed by atoms with van der Waals surface area (Å²) in [4.78, 5) is 0. The van der Waals surface area contributed by atoms with Crippen LogP contribution in [-0.4, -0.2) is 0 Å². The van der Waals surface area contributed by atoms with Crippen molar-refractivity contribution in [1.29, 1.82) is 0 Å². The smallest absolute Gasteiger partial charge is 0 e. The fourth-order valence-corrected chi connectivity index (χ4v) is 1.33. The molecule has 1 radical (unpaired) electrons. The van der Waals surface area contributed by atoms with E-state index in [0.717, 1.165) is 0 Å². The van der Waals surface area contributed by atoms with Gasteiger partial charge in [-0.2, -0.15) is 0 Å². The summed E-state index contributed by atoms with van der Waals surface area (Å²) < 4.78 is 0. The summed E-state index contributed by atoms with van der Waals surface area (Å²) in [6.07, 6.45) is 0. The van der Waals surface area contributed by atoms with Crippen LogP contribution in [0.5, 0.6) is 0 Å². The molecule has 19 heavy (non-hydrogen) atoms. The van der Waals surface area contributed by atoms with Crippen LogP contribution in [0.2, 0.25) is 0 Å². The SMILES string of the molecule is Cc1ccccc1C.Cc1ccccc1C.[CH3-].[CH3-].[Y]. The molecule has 0 nitrogen and oxygen atoms in total. The summed E-state index contributed by atoms with van der Waals surface area (Å²) in [5, 5.41) is 0. The molecule has 1 heteroatoms. The largest absolute Gasteiger partial charge is 0.358 e. The van der Waals surface area contributed by atoms with Crippen LogP contribution in [0, 0.1) is 42.5 Å². The predicted octanol–water partition coefficient (Wildman–Crippen LogP) is 5.50. The average molecular weight is 331 g/mol. The predicted molar refractivity (Wildman–Crippen MR) is 84.7 cm³/mol. The van der Waals surface area contributed by atoms with E-state index >= 15 is 0 Å². The number of hydrogen-bond donors (Lipinski definition) is 0. The fraction of sp³-hybridized carbons (Fsp3) is 0.222. The second-order valence-electron chi connectivity index (χ2n) is 4.17. The summed E-state index contributed by atoms with van der Waals surface area (Å²) in [6, 6.07) is 16.7. The van der Waals surface area contributed by atoms with E-state index in [-0.39, 0.29) is 47.6 Å². The Morgan fingerprint density at radius 1 is 0.474 bits per heavy atom. The van der Waals surface area contributed by atoms with Crippen molar-refractivity contribution in [2.45, 2.75) is 27.7 Å². The maximum absolute atomic E-state index is 2.12. The third kappa shape index (κ3) is 9.13. The van der Waals surface area contributed by atoms with Gasteiger partial charge in [-0.05, 0) is 49.9 Å². The number of rotatable bonds is 0. The Kier molecular flexibility index (Phi) is 15.6. The van der Waals surface area contributed by atoms with Gasteiger partial charge in [0.15, 0.2) is 0 Å². The normalized spacial score (nSPS) is 7.79. The van der Waals surface area contributed by atoms with E-state index in [1.54, 1.807) is 0 Å². The first-order valence-corrected chi connectivity index (χ1v) is 5.65. The van der Waals surface area contributed by atoms with E-state index in [2.05, 4.69) is 76.2 Å². The molecule has 2 aromatic carbocycles. The van der Waals surface area contributed by atoms with E-state index in [0.29, 0.717) is 0 Å². The van der Waals surface area contributed by atoms with Gasteiger partial charge in [0.1, 0.15) is 0 Å². The molecular formula is C18H26Y-2. The summed E-state index contributed by atoms with van der Waals surface area (Å²) in [6.45, 7) is 8.48. The molecule has 2 rings (SSSR count). The molecule has 0 aliphatic carbocycles. The van der Waals surface area contributed by atoms with Gasteiger partial charge in [0.05, 0.1) is 0 Å². The zero-order valence-corrected chi connectivity index (χ0v) is 16.0.